The summed E-state index contributed by atoms with van der Waals surface area (Å²) in [5.41, 5.74) is -0.719. The molecule has 1 aliphatic rings. The molecule has 0 radical (unpaired) electrons. The van der Waals surface area contributed by atoms with Gasteiger partial charge in [-0.25, -0.2) is 0 Å². The Kier molecular flexibility index (Phi) is 21.8. The van der Waals surface area contributed by atoms with E-state index >= 15 is 0 Å². The number of benzene rings is 1. The van der Waals surface area contributed by atoms with Crippen molar-refractivity contribution in [2.45, 2.75) is 169 Å². The Labute approximate surface area is 393 Å². The molecule has 1 aliphatic heterocycles. The lowest BCUT2D eigenvalue weighted by Crippen LogP contribution is -2.62. The molecule has 20 heteroatoms. The minimum atomic E-state index is -4.65. The first-order chi connectivity index (χ1) is 30.9. The molecule has 1 heterocycles. The van der Waals surface area contributed by atoms with Crippen LogP contribution in [-0.2, 0) is 51.0 Å². The predicted molar refractivity (Wildman–Crippen MR) is 245 cm³/mol. The van der Waals surface area contributed by atoms with Crippen LogP contribution in [-0.4, -0.2) is 143 Å². The second-order valence-corrected chi connectivity index (χ2v) is 19.6. The third-order valence-electron chi connectivity index (χ3n) is 11.8. The van der Waals surface area contributed by atoms with Gasteiger partial charge in [0.2, 0.25) is 47.3 Å². The Bertz CT molecular complexity index is 1890. The fourth-order valence-corrected chi connectivity index (χ4v) is 7.73. The van der Waals surface area contributed by atoms with Crippen LogP contribution in [0.3, 0.4) is 0 Å². The summed E-state index contributed by atoms with van der Waals surface area (Å²) in [4.78, 5) is 116. The molecule has 1 fully saturated rings. The number of halogens is 3. The number of nitrogens with zero attached hydrogens (tertiary/aromatic N) is 3. The first-order valence-electron chi connectivity index (χ1n) is 23.0. The molecule has 0 saturated carbocycles. The van der Waals surface area contributed by atoms with Gasteiger partial charge in [-0.3, -0.25) is 38.4 Å². The maximum Gasteiger partial charge on any atom is 0.416 e. The molecule has 378 valence electrons. The summed E-state index contributed by atoms with van der Waals surface area (Å²) in [6.07, 6.45) is -6.41. The van der Waals surface area contributed by atoms with Crippen LogP contribution < -0.4 is 26.6 Å². The molecular formula is C47H75F3N8O9. The maximum absolute atomic E-state index is 14.7. The summed E-state index contributed by atoms with van der Waals surface area (Å²) in [5, 5.41) is 24.2. The second kappa shape index (κ2) is 25.2. The normalized spacial score (nSPS) is 26.3. The predicted octanol–water partition coefficient (Wildman–Crippen LogP) is 2.77. The van der Waals surface area contributed by atoms with Gasteiger partial charge in [0, 0.05) is 40.0 Å². The number of rotatable bonds is 10. The second-order valence-electron chi connectivity index (χ2n) is 19.6. The van der Waals surface area contributed by atoms with Crippen LogP contribution in [0, 0.1) is 23.7 Å². The lowest BCUT2D eigenvalue weighted by atomic mass is 9.96. The molecule has 9 atom stereocenters. The van der Waals surface area contributed by atoms with Gasteiger partial charge in [-0.2, -0.15) is 13.2 Å². The molecule has 0 bridgehead atoms. The van der Waals surface area contributed by atoms with Gasteiger partial charge in [0.25, 0.3) is 0 Å². The summed E-state index contributed by atoms with van der Waals surface area (Å²) >= 11 is 0. The standard InChI is InChI=1S/C47H75F3N8O9/c1-24(2)19-33-41(62)55-39(30(11)59)46(67)56(12)29(10)40(61)53-34(23-31-15-17-32(18-16-31)47(48,49)50)44(65)58(14)36(21-26(5)6)45(66)57(13)35(20-25(3)4)42(63)51-28(9)22-37(60)54-38(27(7)8)43(64)52-33/h15-18,24-30,33-36,38-39,59H,19-23H2,1-14H3,(H,51,63)(H,52,64)(H,53,61)(H,54,60)(H,55,62)/t28-,29+,30-,33+,34+,35+,36+,38-,39+/m1/s1. The molecule has 0 aromatic heterocycles. The largest absolute Gasteiger partial charge is 0.416 e. The summed E-state index contributed by atoms with van der Waals surface area (Å²) in [6.45, 7) is 18.5. The van der Waals surface area contributed by atoms with Gasteiger partial charge in [0.05, 0.1) is 11.7 Å². The van der Waals surface area contributed by atoms with E-state index in [-0.39, 0.29) is 55.4 Å². The maximum atomic E-state index is 14.7. The summed E-state index contributed by atoms with van der Waals surface area (Å²) in [7, 11) is 4.02. The van der Waals surface area contributed by atoms with Gasteiger partial charge in [-0.05, 0) is 81.4 Å². The van der Waals surface area contributed by atoms with Crippen molar-refractivity contribution in [3.8, 4) is 0 Å². The number of carbonyl (C=O) groups excluding carboxylic acids is 8. The highest BCUT2D eigenvalue weighted by Crippen LogP contribution is 2.29. The number of carbonyl (C=O) groups is 8. The zero-order valence-electron chi connectivity index (χ0n) is 41.5. The number of nitrogens with one attached hydrogen (secondary N) is 5. The summed E-state index contributed by atoms with van der Waals surface area (Å²) in [5.74, 6) is -6.87. The van der Waals surface area contributed by atoms with E-state index in [1.54, 1.807) is 34.6 Å². The molecule has 1 aromatic carbocycles. The number of aliphatic hydroxyl groups is 1. The molecule has 0 unspecified atom stereocenters. The SMILES string of the molecule is CC(C)C[C@@H]1NC(=O)[C@@H](C(C)C)NC(=O)C[C@@H](C)NC(=O)[C@H](CC(C)C)N(C)C(=O)[C@H](CC(C)C)N(C)C(=O)[C@H](Cc2ccc(C(F)(F)F)cc2)NC(=O)[C@H](C)N(C)C(=O)[C@H]([C@@H](C)O)NC1=O. The Morgan fingerprint density at radius 1 is 0.582 bits per heavy atom. The molecule has 0 aliphatic carbocycles. The van der Waals surface area contributed by atoms with E-state index in [4.69, 9.17) is 0 Å². The number of hydrogen-bond donors (Lipinski definition) is 6. The van der Waals surface area contributed by atoms with Crippen molar-refractivity contribution < 1.29 is 56.6 Å². The molecule has 8 amide bonds. The number of alkyl halides is 3. The first kappa shape index (κ1) is 57.9. The van der Waals surface area contributed by atoms with Crippen molar-refractivity contribution in [1.82, 2.24) is 41.3 Å². The van der Waals surface area contributed by atoms with Crippen LogP contribution in [0.25, 0.3) is 0 Å². The van der Waals surface area contributed by atoms with Gasteiger partial charge in [-0.15, -0.1) is 0 Å². The summed E-state index contributed by atoms with van der Waals surface area (Å²) in [6, 6.07) is -6.00. The van der Waals surface area contributed by atoms with Gasteiger partial charge in [-0.1, -0.05) is 67.5 Å². The van der Waals surface area contributed by atoms with E-state index < -0.39 is 119 Å². The van der Waals surface area contributed by atoms with Crippen molar-refractivity contribution in [2.75, 3.05) is 21.1 Å². The summed E-state index contributed by atoms with van der Waals surface area (Å²) < 4.78 is 40.6. The van der Waals surface area contributed by atoms with Crippen LogP contribution in [0.15, 0.2) is 24.3 Å². The molecule has 2 rings (SSSR count). The third kappa shape index (κ3) is 17.1. The molecule has 17 nitrogen and oxygen atoms in total. The lowest BCUT2D eigenvalue weighted by molar-refractivity contribution is -0.150. The van der Waals surface area contributed by atoms with Gasteiger partial charge in [0.1, 0.15) is 42.3 Å². The Hall–Kier alpha value is -5.27. The van der Waals surface area contributed by atoms with E-state index in [1.165, 1.54) is 39.9 Å². The van der Waals surface area contributed by atoms with Gasteiger partial charge >= 0.3 is 6.18 Å². The number of likely N-dealkylation sites (N-methyl/N-ethyl adjacent to an activating group) is 3. The highest BCUT2D eigenvalue weighted by molar-refractivity contribution is 5.98. The van der Waals surface area contributed by atoms with Crippen molar-refractivity contribution in [3.63, 3.8) is 0 Å². The Balaban J connectivity index is 2.83. The fourth-order valence-electron chi connectivity index (χ4n) is 7.73. The molecule has 1 aromatic rings. The number of aliphatic hydroxyl groups excluding tert-OH is 1. The minimum absolute atomic E-state index is 0.0874. The molecule has 0 spiro atoms. The van der Waals surface area contributed by atoms with E-state index in [0.29, 0.717) is 0 Å². The smallest absolute Gasteiger partial charge is 0.391 e. The highest BCUT2D eigenvalue weighted by atomic mass is 19.4. The Morgan fingerprint density at radius 3 is 1.58 bits per heavy atom. The van der Waals surface area contributed by atoms with E-state index in [2.05, 4.69) is 26.6 Å². The van der Waals surface area contributed by atoms with Crippen LogP contribution in [0.5, 0.6) is 0 Å². The van der Waals surface area contributed by atoms with Crippen LogP contribution in [0.4, 0.5) is 13.2 Å². The van der Waals surface area contributed by atoms with E-state index in [1.807, 2.05) is 27.7 Å². The first-order valence-corrected chi connectivity index (χ1v) is 23.0. The molecular weight excluding hydrogens is 878 g/mol. The van der Waals surface area contributed by atoms with Crippen LogP contribution in [0.1, 0.15) is 113 Å². The molecule has 1 saturated heterocycles. The third-order valence-corrected chi connectivity index (χ3v) is 11.8. The quantitative estimate of drug-likeness (QED) is 0.203. The molecule has 6 N–H and O–H groups in total. The zero-order valence-corrected chi connectivity index (χ0v) is 41.5. The van der Waals surface area contributed by atoms with E-state index in [9.17, 15) is 56.6 Å². The van der Waals surface area contributed by atoms with E-state index in [0.717, 1.165) is 34.1 Å². The monoisotopic (exact) mass is 953 g/mol. The Morgan fingerprint density at radius 2 is 1.09 bits per heavy atom. The number of hydrogen-bond acceptors (Lipinski definition) is 9. The number of amides is 8. The molecule has 67 heavy (non-hydrogen) atoms. The van der Waals surface area contributed by atoms with Crippen LogP contribution in [0.2, 0.25) is 0 Å². The average molecular weight is 953 g/mol. The van der Waals surface area contributed by atoms with Gasteiger partial charge < -0.3 is 46.4 Å². The zero-order chi connectivity index (χ0) is 51.4. The van der Waals surface area contributed by atoms with Crippen molar-refractivity contribution in [2.24, 2.45) is 23.7 Å². The van der Waals surface area contributed by atoms with Crippen LogP contribution >= 0.6 is 0 Å². The van der Waals surface area contributed by atoms with Crippen molar-refractivity contribution in [3.05, 3.63) is 35.4 Å². The topological polar surface area (TPSA) is 227 Å². The lowest BCUT2D eigenvalue weighted by Gasteiger charge is -2.37. The van der Waals surface area contributed by atoms with Crippen molar-refractivity contribution >= 4 is 47.3 Å². The highest BCUT2D eigenvalue weighted by Gasteiger charge is 2.41. The average Bonchev–Trinajstić information content (AvgIpc) is 3.22. The van der Waals surface area contributed by atoms with Crippen molar-refractivity contribution in [1.29, 1.82) is 0 Å². The minimum Gasteiger partial charge on any atom is -0.391 e. The fraction of sp³-hybridized carbons (Fsp3) is 0.702. The van der Waals surface area contributed by atoms with Gasteiger partial charge in [0.15, 0.2) is 0 Å².